The zero-order chi connectivity index (χ0) is 27.9. The molecule has 0 aromatic heterocycles. The van der Waals surface area contributed by atoms with Crippen molar-refractivity contribution in [2.75, 3.05) is 4.90 Å². The minimum atomic E-state index is 0.854. The van der Waals surface area contributed by atoms with Gasteiger partial charge in [-0.3, -0.25) is 0 Å². The maximum absolute atomic E-state index is 6.69. The Kier molecular flexibility index (Phi) is 5.82. The molecule has 0 atom stereocenters. The van der Waals surface area contributed by atoms with E-state index < -0.39 is 0 Å². The van der Waals surface area contributed by atoms with Gasteiger partial charge in [-0.2, -0.15) is 0 Å². The summed E-state index contributed by atoms with van der Waals surface area (Å²) >= 11 is 0. The van der Waals surface area contributed by atoms with Gasteiger partial charge >= 0.3 is 0 Å². The number of fused-ring (bicyclic) bond motifs is 7. The van der Waals surface area contributed by atoms with Gasteiger partial charge in [-0.05, 0) is 69.9 Å². The Hall–Kier alpha value is -5.60. The third-order valence-electron chi connectivity index (χ3n) is 8.07. The minimum Gasteiger partial charge on any atom is -0.456 e. The first kappa shape index (κ1) is 24.2. The zero-order valence-corrected chi connectivity index (χ0v) is 22.9. The standard InChI is InChI=1S/C40H27NO/c1-3-12-28(13-4-1)29-22-25-32(26-23-29)41(31-15-5-2-6-16-31)36-20-11-19-35-39(36)34-18-9-10-21-37(34)42-38-27-24-30-14-7-8-17-33(30)40(35)38/h1-27H. The van der Waals surface area contributed by atoms with E-state index in [2.05, 4.69) is 163 Å². The molecule has 0 spiro atoms. The van der Waals surface area contributed by atoms with Crippen LogP contribution in [0.25, 0.3) is 44.2 Å². The molecular weight excluding hydrogens is 510 g/mol. The topological polar surface area (TPSA) is 12.5 Å². The van der Waals surface area contributed by atoms with Crippen molar-refractivity contribution in [2.45, 2.75) is 0 Å². The van der Waals surface area contributed by atoms with Crippen molar-refractivity contribution in [1.29, 1.82) is 0 Å². The lowest BCUT2D eigenvalue weighted by Gasteiger charge is -2.29. The molecule has 0 N–H and O–H groups in total. The summed E-state index contributed by atoms with van der Waals surface area (Å²) in [5, 5.41) is 2.37. The Morgan fingerprint density at radius 3 is 1.86 bits per heavy atom. The molecule has 7 aromatic rings. The van der Waals surface area contributed by atoms with Crippen LogP contribution in [-0.4, -0.2) is 0 Å². The van der Waals surface area contributed by atoms with Crippen LogP contribution in [0.5, 0.6) is 11.5 Å². The molecule has 0 fully saturated rings. The molecule has 42 heavy (non-hydrogen) atoms. The Bertz CT molecular complexity index is 2050. The van der Waals surface area contributed by atoms with E-state index in [1.54, 1.807) is 0 Å². The van der Waals surface area contributed by atoms with Crippen LogP contribution >= 0.6 is 0 Å². The van der Waals surface area contributed by atoms with Crippen molar-refractivity contribution < 1.29 is 4.74 Å². The maximum atomic E-state index is 6.69. The van der Waals surface area contributed by atoms with Crippen LogP contribution in [0.4, 0.5) is 17.1 Å². The van der Waals surface area contributed by atoms with E-state index in [-0.39, 0.29) is 0 Å². The molecule has 198 valence electrons. The normalized spacial score (nSPS) is 11.5. The van der Waals surface area contributed by atoms with Gasteiger partial charge in [0.05, 0.1) is 5.69 Å². The third-order valence-corrected chi connectivity index (χ3v) is 8.07. The number of benzene rings is 7. The lowest BCUT2D eigenvalue weighted by molar-refractivity contribution is 0.488. The summed E-state index contributed by atoms with van der Waals surface area (Å²) in [5.74, 6) is 1.73. The molecule has 0 saturated carbocycles. The van der Waals surface area contributed by atoms with Crippen LogP contribution in [0.3, 0.4) is 0 Å². The summed E-state index contributed by atoms with van der Waals surface area (Å²) < 4.78 is 6.69. The first-order valence-electron chi connectivity index (χ1n) is 14.3. The molecule has 1 aliphatic heterocycles. The van der Waals surface area contributed by atoms with Crippen molar-refractivity contribution in [3.05, 3.63) is 164 Å². The second-order valence-corrected chi connectivity index (χ2v) is 10.5. The Morgan fingerprint density at radius 2 is 1.02 bits per heavy atom. The molecular formula is C40H27NO. The summed E-state index contributed by atoms with van der Waals surface area (Å²) in [6, 6.07) is 57.8. The van der Waals surface area contributed by atoms with Crippen LogP contribution in [0.1, 0.15) is 0 Å². The van der Waals surface area contributed by atoms with E-state index in [9.17, 15) is 0 Å². The van der Waals surface area contributed by atoms with Crippen molar-refractivity contribution in [1.82, 2.24) is 0 Å². The molecule has 2 heteroatoms. The van der Waals surface area contributed by atoms with Crippen LogP contribution in [0.2, 0.25) is 0 Å². The van der Waals surface area contributed by atoms with Crippen molar-refractivity contribution in [3.63, 3.8) is 0 Å². The van der Waals surface area contributed by atoms with E-state index in [0.29, 0.717) is 0 Å². The quantitative estimate of drug-likeness (QED) is 0.221. The van der Waals surface area contributed by atoms with E-state index >= 15 is 0 Å². The second-order valence-electron chi connectivity index (χ2n) is 10.5. The summed E-state index contributed by atoms with van der Waals surface area (Å²) in [6.07, 6.45) is 0. The fourth-order valence-corrected chi connectivity index (χ4v) is 6.15. The average molecular weight is 538 g/mol. The fourth-order valence-electron chi connectivity index (χ4n) is 6.15. The highest BCUT2D eigenvalue weighted by atomic mass is 16.5. The highest BCUT2D eigenvalue weighted by Crippen LogP contribution is 2.53. The Balaban J connectivity index is 1.41. The number of nitrogens with zero attached hydrogens (tertiary/aromatic N) is 1. The zero-order valence-electron chi connectivity index (χ0n) is 22.9. The smallest absolute Gasteiger partial charge is 0.135 e. The van der Waals surface area contributed by atoms with Gasteiger partial charge in [-0.15, -0.1) is 0 Å². The van der Waals surface area contributed by atoms with Gasteiger partial charge in [0.1, 0.15) is 11.5 Å². The number of ether oxygens (including phenoxy) is 1. The summed E-state index contributed by atoms with van der Waals surface area (Å²) in [5.41, 5.74) is 10.2. The lowest BCUT2D eigenvalue weighted by Crippen LogP contribution is -2.11. The van der Waals surface area contributed by atoms with Crippen molar-refractivity contribution in [2.24, 2.45) is 0 Å². The number of para-hydroxylation sites is 2. The lowest BCUT2D eigenvalue weighted by atomic mass is 9.89. The van der Waals surface area contributed by atoms with Gasteiger partial charge < -0.3 is 9.64 Å². The van der Waals surface area contributed by atoms with Crippen molar-refractivity contribution in [3.8, 4) is 44.9 Å². The Morgan fingerprint density at radius 1 is 0.381 bits per heavy atom. The first-order chi connectivity index (χ1) is 20.8. The SMILES string of the molecule is c1ccc(-c2ccc(N(c3ccccc3)c3cccc4c3-c3ccccc3Oc3ccc5ccccc5c3-4)cc2)cc1. The molecule has 0 amide bonds. The van der Waals surface area contributed by atoms with Gasteiger partial charge in [0.15, 0.2) is 0 Å². The average Bonchev–Trinajstić information content (AvgIpc) is 3.21. The van der Waals surface area contributed by atoms with Gasteiger partial charge in [0.25, 0.3) is 0 Å². The highest BCUT2D eigenvalue weighted by molar-refractivity contribution is 6.08. The van der Waals surface area contributed by atoms with Crippen LogP contribution in [-0.2, 0) is 0 Å². The molecule has 2 nitrogen and oxygen atoms in total. The van der Waals surface area contributed by atoms with E-state index in [1.807, 2.05) is 6.07 Å². The molecule has 1 heterocycles. The maximum Gasteiger partial charge on any atom is 0.135 e. The predicted octanol–water partition coefficient (Wildman–Crippen LogP) is 11.4. The predicted molar refractivity (Wildman–Crippen MR) is 175 cm³/mol. The Labute approximate surface area is 245 Å². The molecule has 8 rings (SSSR count). The molecule has 1 aliphatic rings. The summed E-state index contributed by atoms with van der Waals surface area (Å²) in [6.45, 7) is 0. The molecule has 0 aliphatic carbocycles. The molecule has 7 aromatic carbocycles. The molecule has 0 radical (unpaired) electrons. The van der Waals surface area contributed by atoms with Gasteiger partial charge in [-0.25, -0.2) is 0 Å². The van der Waals surface area contributed by atoms with E-state index in [1.165, 1.54) is 21.9 Å². The fraction of sp³-hybridized carbons (Fsp3) is 0. The van der Waals surface area contributed by atoms with Crippen LogP contribution in [0, 0.1) is 0 Å². The third kappa shape index (κ3) is 4.05. The summed E-state index contributed by atoms with van der Waals surface area (Å²) in [7, 11) is 0. The monoisotopic (exact) mass is 537 g/mol. The van der Waals surface area contributed by atoms with E-state index in [4.69, 9.17) is 4.74 Å². The summed E-state index contributed by atoms with van der Waals surface area (Å²) in [4.78, 5) is 2.36. The minimum absolute atomic E-state index is 0.854. The molecule has 0 saturated heterocycles. The highest BCUT2D eigenvalue weighted by Gasteiger charge is 2.27. The molecule has 0 bridgehead atoms. The van der Waals surface area contributed by atoms with Crippen molar-refractivity contribution >= 4 is 27.8 Å². The molecule has 0 unspecified atom stereocenters. The van der Waals surface area contributed by atoms with Crippen LogP contribution < -0.4 is 9.64 Å². The second kappa shape index (κ2) is 10.1. The number of hydrogen-bond donors (Lipinski definition) is 0. The van der Waals surface area contributed by atoms with Gasteiger partial charge in [-0.1, -0.05) is 121 Å². The largest absolute Gasteiger partial charge is 0.456 e. The number of rotatable bonds is 4. The van der Waals surface area contributed by atoms with Gasteiger partial charge in [0.2, 0.25) is 0 Å². The van der Waals surface area contributed by atoms with Gasteiger partial charge in [0, 0.05) is 28.1 Å². The van der Waals surface area contributed by atoms with Crippen LogP contribution in [0.15, 0.2) is 164 Å². The number of anilines is 3. The first-order valence-corrected chi connectivity index (χ1v) is 14.3. The van der Waals surface area contributed by atoms with E-state index in [0.717, 1.165) is 50.8 Å². The number of hydrogen-bond acceptors (Lipinski definition) is 2.